The van der Waals surface area contributed by atoms with Gasteiger partial charge < -0.3 is 15.1 Å². The molecule has 23 heavy (non-hydrogen) atoms. The molecule has 0 bridgehead atoms. The van der Waals surface area contributed by atoms with Gasteiger partial charge in [0.05, 0.1) is 12.5 Å². The highest BCUT2D eigenvalue weighted by Gasteiger charge is 2.32. The molecule has 124 valence electrons. The Labute approximate surface area is 141 Å². The van der Waals surface area contributed by atoms with E-state index in [4.69, 9.17) is 11.6 Å². The molecule has 2 saturated heterocycles. The molecule has 5 nitrogen and oxygen atoms in total. The second-order valence-corrected chi connectivity index (χ2v) is 6.56. The van der Waals surface area contributed by atoms with Gasteiger partial charge in [-0.3, -0.25) is 9.59 Å². The van der Waals surface area contributed by atoms with Crippen molar-refractivity contribution < 1.29 is 9.59 Å². The molecule has 1 aromatic carbocycles. The van der Waals surface area contributed by atoms with Crippen LogP contribution < -0.4 is 5.32 Å². The molecular weight excluding hydrogens is 314 g/mol. The Morgan fingerprint density at radius 3 is 2.70 bits per heavy atom. The van der Waals surface area contributed by atoms with Gasteiger partial charge in [0, 0.05) is 37.7 Å². The summed E-state index contributed by atoms with van der Waals surface area (Å²) in [5, 5.41) is 3.85. The molecule has 2 amide bonds. The maximum absolute atomic E-state index is 12.6. The summed E-state index contributed by atoms with van der Waals surface area (Å²) < 4.78 is 0. The van der Waals surface area contributed by atoms with Crippen molar-refractivity contribution in [2.24, 2.45) is 0 Å². The van der Waals surface area contributed by atoms with Gasteiger partial charge in [-0.05, 0) is 24.5 Å². The van der Waals surface area contributed by atoms with Gasteiger partial charge >= 0.3 is 0 Å². The standard InChI is InChI=1S/C17H22ClN3O2/c18-14-6-2-1-5-13(14)12-21-10-7-19-15(17(21)23)11-16(22)20-8-3-4-9-20/h1-2,5-6,15,19H,3-4,7-12H2. The van der Waals surface area contributed by atoms with Crippen molar-refractivity contribution in [1.82, 2.24) is 15.1 Å². The Morgan fingerprint density at radius 2 is 1.96 bits per heavy atom. The van der Waals surface area contributed by atoms with Crippen LogP contribution in [-0.4, -0.2) is 53.8 Å². The molecule has 0 radical (unpaired) electrons. The van der Waals surface area contributed by atoms with E-state index < -0.39 is 6.04 Å². The Morgan fingerprint density at radius 1 is 1.22 bits per heavy atom. The summed E-state index contributed by atoms with van der Waals surface area (Å²) in [4.78, 5) is 28.6. The molecule has 0 aromatic heterocycles. The van der Waals surface area contributed by atoms with Crippen LogP contribution >= 0.6 is 11.6 Å². The van der Waals surface area contributed by atoms with Gasteiger partial charge in [-0.2, -0.15) is 0 Å². The molecule has 0 saturated carbocycles. The summed E-state index contributed by atoms with van der Waals surface area (Å²) >= 11 is 6.18. The summed E-state index contributed by atoms with van der Waals surface area (Å²) in [5.41, 5.74) is 0.939. The van der Waals surface area contributed by atoms with Crippen LogP contribution in [0.15, 0.2) is 24.3 Å². The fraction of sp³-hybridized carbons (Fsp3) is 0.529. The number of benzene rings is 1. The number of hydrogen-bond donors (Lipinski definition) is 1. The highest BCUT2D eigenvalue weighted by Crippen LogP contribution is 2.19. The summed E-state index contributed by atoms with van der Waals surface area (Å²) in [5.74, 6) is 0.0664. The predicted octanol–water partition coefficient (Wildman–Crippen LogP) is 1.65. The Kier molecular flexibility index (Phi) is 5.18. The molecule has 3 rings (SSSR count). The lowest BCUT2D eigenvalue weighted by Gasteiger charge is -2.33. The normalized spacial score (nSPS) is 21.8. The van der Waals surface area contributed by atoms with E-state index in [9.17, 15) is 9.59 Å². The van der Waals surface area contributed by atoms with Crippen molar-refractivity contribution in [2.75, 3.05) is 26.2 Å². The van der Waals surface area contributed by atoms with E-state index in [2.05, 4.69) is 5.32 Å². The van der Waals surface area contributed by atoms with Crippen LogP contribution in [0.4, 0.5) is 0 Å². The van der Waals surface area contributed by atoms with E-state index in [-0.39, 0.29) is 18.2 Å². The number of halogens is 1. The Bertz CT molecular complexity index is 587. The number of carbonyl (C=O) groups is 2. The number of likely N-dealkylation sites (tertiary alicyclic amines) is 1. The lowest BCUT2D eigenvalue weighted by Crippen LogP contribution is -2.56. The maximum atomic E-state index is 12.6. The minimum atomic E-state index is -0.417. The van der Waals surface area contributed by atoms with Gasteiger partial charge in [-0.1, -0.05) is 29.8 Å². The zero-order valence-corrected chi connectivity index (χ0v) is 13.9. The minimum absolute atomic E-state index is 0.0104. The van der Waals surface area contributed by atoms with Crippen molar-refractivity contribution in [1.29, 1.82) is 0 Å². The number of nitrogens with zero attached hydrogens (tertiary/aromatic N) is 2. The third-order valence-corrected chi connectivity index (χ3v) is 4.91. The van der Waals surface area contributed by atoms with Gasteiger partial charge in [0.25, 0.3) is 0 Å². The van der Waals surface area contributed by atoms with Crippen molar-refractivity contribution >= 4 is 23.4 Å². The quantitative estimate of drug-likeness (QED) is 0.910. The molecule has 2 fully saturated rings. The number of nitrogens with one attached hydrogen (secondary N) is 1. The molecule has 6 heteroatoms. The Balaban J connectivity index is 1.61. The van der Waals surface area contributed by atoms with Crippen LogP contribution in [0, 0.1) is 0 Å². The first-order valence-electron chi connectivity index (χ1n) is 8.18. The lowest BCUT2D eigenvalue weighted by atomic mass is 10.1. The number of piperazine rings is 1. The average Bonchev–Trinajstić information content (AvgIpc) is 3.08. The highest BCUT2D eigenvalue weighted by atomic mass is 35.5. The molecule has 1 N–H and O–H groups in total. The van der Waals surface area contributed by atoms with Crippen LogP contribution in [0.3, 0.4) is 0 Å². The topological polar surface area (TPSA) is 52.7 Å². The lowest BCUT2D eigenvalue weighted by molar-refractivity contribution is -0.141. The predicted molar refractivity (Wildman–Crippen MR) is 89.1 cm³/mol. The molecule has 0 aliphatic carbocycles. The SMILES string of the molecule is O=C(CC1NCCN(Cc2ccccc2Cl)C1=O)N1CCCC1. The van der Waals surface area contributed by atoms with Crippen molar-refractivity contribution in [3.8, 4) is 0 Å². The molecule has 1 atom stereocenters. The Hall–Kier alpha value is -1.59. The first kappa shape index (κ1) is 16.3. The monoisotopic (exact) mass is 335 g/mol. The molecule has 0 spiro atoms. The molecule has 1 unspecified atom stereocenters. The number of amides is 2. The molecule has 2 aliphatic heterocycles. The number of carbonyl (C=O) groups excluding carboxylic acids is 2. The van der Waals surface area contributed by atoms with E-state index in [1.165, 1.54) is 0 Å². The summed E-state index contributed by atoms with van der Waals surface area (Å²) in [6.45, 7) is 3.48. The smallest absolute Gasteiger partial charge is 0.240 e. The molecule has 2 aliphatic rings. The second-order valence-electron chi connectivity index (χ2n) is 6.15. The van der Waals surface area contributed by atoms with Gasteiger partial charge in [-0.15, -0.1) is 0 Å². The number of rotatable bonds is 4. The first-order valence-corrected chi connectivity index (χ1v) is 8.56. The first-order chi connectivity index (χ1) is 11.1. The number of hydrogen-bond acceptors (Lipinski definition) is 3. The second kappa shape index (κ2) is 7.32. The fourth-order valence-corrected chi connectivity index (χ4v) is 3.41. The van der Waals surface area contributed by atoms with Gasteiger partial charge in [-0.25, -0.2) is 0 Å². The van der Waals surface area contributed by atoms with E-state index in [0.29, 0.717) is 24.7 Å². The average molecular weight is 336 g/mol. The summed E-state index contributed by atoms with van der Waals surface area (Å²) in [6, 6.07) is 7.14. The molecule has 2 heterocycles. The fourth-order valence-electron chi connectivity index (χ4n) is 3.21. The van der Waals surface area contributed by atoms with E-state index in [0.717, 1.165) is 31.5 Å². The summed E-state index contributed by atoms with van der Waals surface area (Å²) in [6.07, 6.45) is 2.38. The minimum Gasteiger partial charge on any atom is -0.343 e. The van der Waals surface area contributed by atoms with Gasteiger partial charge in [0.1, 0.15) is 0 Å². The van der Waals surface area contributed by atoms with Crippen molar-refractivity contribution in [3.05, 3.63) is 34.9 Å². The van der Waals surface area contributed by atoms with Crippen LogP contribution in [0.1, 0.15) is 24.8 Å². The van der Waals surface area contributed by atoms with Crippen LogP contribution in [-0.2, 0) is 16.1 Å². The van der Waals surface area contributed by atoms with Crippen LogP contribution in [0.2, 0.25) is 5.02 Å². The largest absolute Gasteiger partial charge is 0.343 e. The third-order valence-electron chi connectivity index (χ3n) is 4.54. The summed E-state index contributed by atoms with van der Waals surface area (Å²) in [7, 11) is 0. The van der Waals surface area contributed by atoms with E-state index in [1.807, 2.05) is 29.2 Å². The van der Waals surface area contributed by atoms with Crippen molar-refractivity contribution in [3.63, 3.8) is 0 Å². The third kappa shape index (κ3) is 3.85. The van der Waals surface area contributed by atoms with Crippen molar-refractivity contribution in [2.45, 2.75) is 31.8 Å². The molecular formula is C17H22ClN3O2. The molecule has 1 aromatic rings. The van der Waals surface area contributed by atoms with Crippen LogP contribution in [0.25, 0.3) is 0 Å². The zero-order valence-electron chi connectivity index (χ0n) is 13.1. The van der Waals surface area contributed by atoms with Crippen LogP contribution in [0.5, 0.6) is 0 Å². The van der Waals surface area contributed by atoms with Gasteiger partial charge in [0.15, 0.2) is 0 Å². The van der Waals surface area contributed by atoms with E-state index >= 15 is 0 Å². The van der Waals surface area contributed by atoms with E-state index in [1.54, 1.807) is 4.90 Å². The zero-order chi connectivity index (χ0) is 16.2. The maximum Gasteiger partial charge on any atom is 0.240 e. The highest BCUT2D eigenvalue weighted by molar-refractivity contribution is 6.31. The van der Waals surface area contributed by atoms with Gasteiger partial charge in [0.2, 0.25) is 11.8 Å².